The first-order valence-corrected chi connectivity index (χ1v) is 11.8. The van der Waals surface area contributed by atoms with Crippen molar-refractivity contribution in [1.82, 2.24) is 15.1 Å². The Morgan fingerprint density at radius 2 is 1.71 bits per heavy atom. The van der Waals surface area contributed by atoms with E-state index in [9.17, 15) is 19.2 Å². The highest BCUT2D eigenvalue weighted by Gasteiger charge is 2.49. The monoisotopic (exact) mass is 473 g/mol. The molecule has 0 aromatic heterocycles. The fraction of sp³-hybridized carbons (Fsp3) is 0.600. The van der Waals surface area contributed by atoms with E-state index in [1.807, 2.05) is 51.1 Å². The van der Waals surface area contributed by atoms with Gasteiger partial charge in [0.05, 0.1) is 5.41 Å². The maximum absolute atomic E-state index is 14.1. The van der Waals surface area contributed by atoms with Gasteiger partial charge < -0.3 is 25.0 Å². The first-order valence-electron chi connectivity index (χ1n) is 11.8. The topological polar surface area (TPSA) is 116 Å². The number of benzene rings is 1. The molecule has 9 nitrogen and oxygen atoms in total. The third kappa shape index (κ3) is 5.51. The predicted octanol–water partition coefficient (Wildman–Crippen LogP) is 2.54. The van der Waals surface area contributed by atoms with Crippen LogP contribution in [0.25, 0.3) is 0 Å². The molecule has 2 atom stereocenters. The molecule has 0 radical (unpaired) electrons. The number of piperidine rings is 1. The molecule has 2 aliphatic rings. The summed E-state index contributed by atoms with van der Waals surface area (Å²) in [6, 6.07) is 7.73. The molecule has 34 heavy (non-hydrogen) atoms. The number of aliphatic carboxylic acids is 1. The van der Waals surface area contributed by atoms with Crippen molar-refractivity contribution in [2.24, 2.45) is 0 Å². The smallest absolute Gasteiger partial charge is 0.410 e. The van der Waals surface area contributed by atoms with Gasteiger partial charge >= 0.3 is 12.1 Å². The Hall–Kier alpha value is -3.10. The van der Waals surface area contributed by atoms with Gasteiger partial charge in [0.2, 0.25) is 11.8 Å². The fourth-order valence-corrected chi connectivity index (χ4v) is 4.71. The molecule has 3 amide bonds. The van der Waals surface area contributed by atoms with Gasteiger partial charge in [-0.3, -0.25) is 14.4 Å². The van der Waals surface area contributed by atoms with E-state index in [2.05, 4.69) is 5.32 Å². The highest BCUT2D eigenvalue weighted by molar-refractivity contribution is 5.95. The fourth-order valence-electron chi connectivity index (χ4n) is 4.71. The van der Waals surface area contributed by atoms with Crippen molar-refractivity contribution in [3.05, 3.63) is 35.9 Å². The summed E-state index contributed by atoms with van der Waals surface area (Å²) in [4.78, 5) is 53.9. The van der Waals surface area contributed by atoms with Crippen LogP contribution in [-0.4, -0.2) is 76.1 Å². The van der Waals surface area contributed by atoms with Gasteiger partial charge in [-0.05, 0) is 58.9 Å². The number of nitrogens with one attached hydrogen (secondary N) is 1. The summed E-state index contributed by atoms with van der Waals surface area (Å²) in [6.07, 6.45) is 1.57. The van der Waals surface area contributed by atoms with Crippen LogP contribution in [0.15, 0.2) is 30.3 Å². The van der Waals surface area contributed by atoms with Crippen molar-refractivity contribution in [3.8, 4) is 0 Å². The van der Waals surface area contributed by atoms with E-state index in [4.69, 9.17) is 9.84 Å². The second kappa shape index (κ2) is 10.0. The lowest BCUT2D eigenvalue weighted by molar-refractivity contribution is -0.146. The molecule has 3 rings (SSSR count). The Morgan fingerprint density at radius 1 is 1.09 bits per heavy atom. The van der Waals surface area contributed by atoms with Crippen molar-refractivity contribution in [3.63, 3.8) is 0 Å². The number of amides is 3. The minimum Gasteiger partial charge on any atom is -0.480 e. The minimum absolute atomic E-state index is 0.150. The number of carbonyl (C=O) groups is 4. The maximum Gasteiger partial charge on any atom is 0.410 e. The van der Waals surface area contributed by atoms with Gasteiger partial charge in [-0.15, -0.1) is 0 Å². The lowest BCUT2D eigenvalue weighted by Gasteiger charge is -2.43. The van der Waals surface area contributed by atoms with Gasteiger partial charge in [-0.25, -0.2) is 4.79 Å². The Labute approximate surface area is 200 Å². The number of likely N-dealkylation sites (tertiary alicyclic amines) is 2. The summed E-state index contributed by atoms with van der Waals surface area (Å²) in [6.45, 7) is 8.00. The molecule has 0 saturated carbocycles. The van der Waals surface area contributed by atoms with E-state index in [0.717, 1.165) is 5.56 Å². The number of carboxylic acids is 1. The Bertz CT molecular complexity index is 918. The van der Waals surface area contributed by atoms with Crippen LogP contribution in [0.3, 0.4) is 0 Å². The molecule has 0 spiro atoms. The standard InChI is InChI=1S/C25H35N3O6/c1-17(21(30)31)26-20(29)19-11-8-14-28(19)22(32)25(18-9-6-5-7-10-18)12-15-27(16-13-25)23(33)34-24(2,3)4/h5-7,9-10,17,19H,8,11-16H2,1-4H3,(H,26,29)(H,30,31). The summed E-state index contributed by atoms with van der Waals surface area (Å²) < 4.78 is 5.51. The van der Waals surface area contributed by atoms with E-state index in [0.29, 0.717) is 45.3 Å². The quantitative estimate of drug-likeness (QED) is 0.679. The lowest BCUT2D eigenvalue weighted by atomic mass is 9.71. The minimum atomic E-state index is -1.13. The van der Waals surface area contributed by atoms with Crippen LogP contribution in [0.4, 0.5) is 4.79 Å². The molecule has 9 heteroatoms. The molecule has 186 valence electrons. The maximum atomic E-state index is 14.1. The van der Waals surface area contributed by atoms with E-state index in [-0.39, 0.29) is 5.91 Å². The molecule has 2 unspecified atom stereocenters. The van der Waals surface area contributed by atoms with Crippen LogP contribution in [0.2, 0.25) is 0 Å². The number of nitrogens with zero attached hydrogens (tertiary/aromatic N) is 2. The third-order valence-corrected chi connectivity index (χ3v) is 6.55. The zero-order valence-corrected chi connectivity index (χ0v) is 20.4. The van der Waals surface area contributed by atoms with Crippen molar-refractivity contribution in [1.29, 1.82) is 0 Å². The largest absolute Gasteiger partial charge is 0.480 e. The van der Waals surface area contributed by atoms with E-state index in [1.54, 1.807) is 9.80 Å². The van der Waals surface area contributed by atoms with Gasteiger partial charge in [-0.1, -0.05) is 30.3 Å². The average molecular weight is 474 g/mol. The number of hydrogen-bond donors (Lipinski definition) is 2. The van der Waals surface area contributed by atoms with Crippen molar-refractivity contribution in [2.75, 3.05) is 19.6 Å². The van der Waals surface area contributed by atoms with Crippen LogP contribution in [0.5, 0.6) is 0 Å². The van der Waals surface area contributed by atoms with Gasteiger partial charge in [-0.2, -0.15) is 0 Å². The SMILES string of the molecule is CC(NC(=O)C1CCCN1C(=O)C1(c2ccccc2)CCN(C(=O)OC(C)(C)C)CC1)C(=O)O. The number of rotatable bonds is 5. The van der Waals surface area contributed by atoms with Crippen molar-refractivity contribution in [2.45, 2.75) is 76.5 Å². The normalized spacial score (nSPS) is 21.0. The van der Waals surface area contributed by atoms with E-state index < -0.39 is 41.1 Å². The molecule has 1 aromatic rings. The zero-order chi connectivity index (χ0) is 25.1. The number of ether oxygens (including phenoxy) is 1. The lowest BCUT2D eigenvalue weighted by Crippen LogP contribution is -2.57. The van der Waals surface area contributed by atoms with Crippen LogP contribution < -0.4 is 5.32 Å². The molecule has 2 N–H and O–H groups in total. The van der Waals surface area contributed by atoms with Crippen molar-refractivity contribution < 1.29 is 29.0 Å². The summed E-state index contributed by atoms with van der Waals surface area (Å²) in [5, 5.41) is 11.6. The second-order valence-electron chi connectivity index (χ2n) is 10.1. The van der Waals surface area contributed by atoms with Crippen molar-refractivity contribution >= 4 is 23.9 Å². The number of carbonyl (C=O) groups excluding carboxylic acids is 3. The molecule has 2 aliphatic heterocycles. The van der Waals surface area contributed by atoms with Crippen LogP contribution >= 0.6 is 0 Å². The Balaban J connectivity index is 1.83. The molecule has 2 saturated heterocycles. The van der Waals surface area contributed by atoms with Gasteiger partial charge in [0, 0.05) is 19.6 Å². The second-order valence-corrected chi connectivity index (χ2v) is 10.1. The molecule has 0 bridgehead atoms. The highest BCUT2D eigenvalue weighted by Crippen LogP contribution is 2.39. The molecular formula is C25H35N3O6. The molecule has 2 fully saturated rings. The Morgan fingerprint density at radius 3 is 2.26 bits per heavy atom. The van der Waals surface area contributed by atoms with Gasteiger partial charge in [0.1, 0.15) is 17.7 Å². The molecular weight excluding hydrogens is 438 g/mol. The van der Waals surface area contributed by atoms with E-state index >= 15 is 0 Å². The first-order chi connectivity index (χ1) is 15.9. The molecule has 0 aliphatic carbocycles. The third-order valence-electron chi connectivity index (χ3n) is 6.55. The van der Waals surface area contributed by atoms with Crippen LogP contribution in [-0.2, 0) is 24.5 Å². The summed E-state index contributed by atoms with van der Waals surface area (Å²) in [5.74, 6) is -1.72. The number of carboxylic acid groups (broad SMARTS) is 1. The first kappa shape index (κ1) is 25.5. The molecule has 2 heterocycles. The van der Waals surface area contributed by atoms with Gasteiger partial charge in [0.25, 0.3) is 0 Å². The predicted molar refractivity (Wildman–Crippen MR) is 125 cm³/mol. The van der Waals surface area contributed by atoms with Gasteiger partial charge in [0.15, 0.2) is 0 Å². The van der Waals surface area contributed by atoms with E-state index in [1.165, 1.54) is 6.92 Å². The molecule has 1 aromatic carbocycles. The highest BCUT2D eigenvalue weighted by atomic mass is 16.6. The van der Waals surface area contributed by atoms with Crippen LogP contribution in [0, 0.1) is 0 Å². The number of hydrogen-bond acceptors (Lipinski definition) is 5. The summed E-state index contributed by atoms with van der Waals surface area (Å²) in [7, 11) is 0. The zero-order valence-electron chi connectivity index (χ0n) is 20.4. The summed E-state index contributed by atoms with van der Waals surface area (Å²) in [5.41, 5.74) is -0.626. The summed E-state index contributed by atoms with van der Waals surface area (Å²) >= 11 is 0. The van der Waals surface area contributed by atoms with Crippen LogP contribution in [0.1, 0.15) is 58.9 Å². The Kier molecular flexibility index (Phi) is 7.53. The average Bonchev–Trinajstić information content (AvgIpc) is 3.28.